The monoisotopic (exact) mass is 270 g/mol. The van der Waals surface area contributed by atoms with Crippen LogP contribution in [0.15, 0.2) is 36.7 Å². The molecule has 1 aromatic heterocycles. The molecule has 0 radical (unpaired) electrons. The van der Waals surface area contributed by atoms with Gasteiger partial charge in [0, 0.05) is 11.8 Å². The van der Waals surface area contributed by atoms with Gasteiger partial charge in [0.05, 0.1) is 23.5 Å². The maximum atomic E-state index is 11.9. The average Bonchev–Trinajstić information content (AvgIpc) is 2.85. The Morgan fingerprint density at radius 1 is 1.45 bits per heavy atom. The molecule has 7 nitrogen and oxygen atoms in total. The first-order valence-electron chi connectivity index (χ1n) is 5.64. The lowest BCUT2D eigenvalue weighted by Gasteiger charge is -2.02. The van der Waals surface area contributed by atoms with E-state index in [9.17, 15) is 9.59 Å². The summed E-state index contributed by atoms with van der Waals surface area (Å²) < 4.78 is 1.20. The highest BCUT2D eigenvalue weighted by Gasteiger charge is 2.09. The number of carbonyl (C=O) groups is 2. The van der Waals surface area contributed by atoms with Crippen molar-refractivity contribution in [3.8, 4) is 6.07 Å². The van der Waals surface area contributed by atoms with Gasteiger partial charge in [0.15, 0.2) is 0 Å². The summed E-state index contributed by atoms with van der Waals surface area (Å²) in [6.07, 6.45) is 2.77. The maximum absolute atomic E-state index is 11.9. The average molecular weight is 270 g/mol. The number of carboxylic acid groups (broad SMARTS) is 1. The van der Waals surface area contributed by atoms with Crippen molar-refractivity contribution in [3.05, 3.63) is 47.8 Å². The van der Waals surface area contributed by atoms with E-state index in [1.165, 1.54) is 23.1 Å². The van der Waals surface area contributed by atoms with E-state index >= 15 is 0 Å². The Bertz CT molecular complexity index is 700. The summed E-state index contributed by atoms with van der Waals surface area (Å²) in [5, 5.41) is 23.8. The standard InChI is InChI=1S/C13H10N4O3/c14-5-9-2-1-3-10(4-9)13(20)16-11-6-15-17(7-11)8-12(18)19/h1-4,6-7H,8H2,(H,16,20)(H,18,19). The quantitative estimate of drug-likeness (QED) is 0.864. The molecule has 0 aliphatic heterocycles. The van der Waals surface area contributed by atoms with Gasteiger partial charge in [-0.15, -0.1) is 0 Å². The molecule has 2 rings (SSSR count). The number of nitriles is 1. The number of nitrogens with zero attached hydrogens (tertiary/aromatic N) is 3. The minimum absolute atomic E-state index is 0.278. The smallest absolute Gasteiger partial charge is 0.325 e. The molecule has 0 atom stereocenters. The van der Waals surface area contributed by atoms with Crippen molar-refractivity contribution in [2.24, 2.45) is 0 Å². The first-order valence-corrected chi connectivity index (χ1v) is 5.64. The molecular weight excluding hydrogens is 260 g/mol. The molecule has 0 saturated carbocycles. The molecule has 2 aromatic rings. The summed E-state index contributed by atoms with van der Waals surface area (Å²) >= 11 is 0. The van der Waals surface area contributed by atoms with Crippen molar-refractivity contribution in [2.75, 3.05) is 5.32 Å². The van der Waals surface area contributed by atoms with E-state index in [4.69, 9.17) is 10.4 Å². The first-order chi connectivity index (χ1) is 9.58. The van der Waals surface area contributed by atoms with E-state index in [1.54, 1.807) is 18.2 Å². The van der Waals surface area contributed by atoms with Crippen molar-refractivity contribution in [3.63, 3.8) is 0 Å². The van der Waals surface area contributed by atoms with Crippen LogP contribution in [-0.4, -0.2) is 26.8 Å². The van der Waals surface area contributed by atoms with Crippen molar-refractivity contribution in [2.45, 2.75) is 6.54 Å². The maximum Gasteiger partial charge on any atom is 0.325 e. The first kappa shape index (κ1) is 13.3. The van der Waals surface area contributed by atoms with Crippen LogP contribution in [0.5, 0.6) is 0 Å². The lowest BCUT2D eigenvalue weighted by Crippen LogP contribution is -2.12. The van der Waals surface area contributed by atoms with Crippen molar-refractivity contribution in [1.29, 1.82) is 5.26 Å². The summed E-state index contributed by atoms with van der Waals surface area (Å²) in [6, 6.07) is 8.21. The predicted octanol–water partition coefficient (Wildman–Crippen LogP) is 1.09. The summed E-state index contributed by atoms with van der Waals surface area (Å²) in [4.78, 5) is 22.5. The molecular formula is C13H10N4O3. The van der Waals surface area contributed by atoms with Gasteiger partial charge in [0.2, 0.25) is 0 Å². The molecule has 0 bridgehead atoms. The molecule has 0 fully saturated rings. The molecule has 0 aliphatic carbocycles. The number of aromatic nitrogens is 2. The fourth-order valence-corrected chi connectivity index (χ4v) is 1.59. The van der Waals surface area contributed by atoms with Crippen molar-refractivity contribution >= 4 is 17.6 Å². The third-order valence-corrected chi connectivity index (χ3v) is 2.44. The van der Waals surface area contributed by atoms with Crippen LogP contribution in [0.2, 0.25) is 0 Å². The van der Waals surface area contributed by atoms with Crippen molar-refractivity contribution < 1.29 is 14.7 Å². The topological polar surface area (TPSA) is 108 Å². The highest BCUT2D eigenvalue weighted by atomic mass is 16.4. The van der Waals surface area contributed by atoms with Gasteiger partial charge in [-0.05, 0) is 18.2 Å². The molecule has 1 aromatic carbocycles. The number of hydrogen-bond donors (Lipinski definition) is 2. The molecule has 1 amide bonds. The van der Waals surface area contributed by atoms with Gasteiger partial charge in [-0.2, -0.15) is 10.4 Å². The molecule has 0 spiro atoms. The Morgan fingerprint density at radius 2 is 2.25 bits per heavy atom. The zero-order valence-electron chi connectivity index (χ0n) is 10.3. The molecule has 7 heteroatoms. The predicted molar refractivity (Wildman–Crippen MR) is 69.0 cm³/mol. The fourth-order valence-electron chi connectivity index (χ4n) is 1.59. The van der Waals surface area contributed by atoms with Gasteiger partial charge in [-0.1, -0.05) is 6.07 Å². The van der Waals surface area contributed by atoms with E-state index in [0.717, 1.165) is 0 Å². The minimum atomic E-state index is -1.02. The van der Waals surface area contributed by atoms with E-state index in [-0.39, 0.29) is 6.54 Å². The van der Waals surface area contributed by atoms with Gasteiger partial charge in [0.25, 0.3) is 5.91 Å². The van der Waals surface area contributed by atoms with E-state index in [1.807, 2.05) is 6.07 Å². The highest BCUT2D eigenvalue weighted by molar-refractivity contribution is 6.04. The largest absolute Gasteiger partial charge is 0.480 e. The summed E-state index contributed by atoms with van der Waals surface area (Å²) in [5.74, 6) is -1.41. The molecule has 2 N–H and O–H groups in total. The number of benzene rings is 1. The SMILES string of the molecule is N#Cc1cccc(C(=O)Nc2cnn(CC(=O)O)c2)c1. The third-order valence-electron chi connectivity index (χ3n) is 2.44. The van der Waals surface area contributed by atoms with E-state index in [2.05, 4.69) is 10.4 Å². The Labute approximate surface area is 114 Å². The highest BCUT2D eigenvalue weighted by Crippen LogP contribution is 2.09. The zero-order valence-corrected chi connectivity index (χ0v) is 10.3. The second kappa shape index (κ2) is 5.67. The summed E-state index contributed by atoms with van der Waals surface area (Å²) in [5.41, 5.74) is 1.12. The number of aliphatic carboxylic acids is 1. The fraction of sp³-hybridized carbons (Fsp3) is 0.0769. The van der Waals surface area contributed by atoms with Crippen LogP contribution in [-0.2, 0) is 11.3 Å². The van der Waals surface area contributed by atoms with Crippen molar-refractivity contribution in [1.82, 2.24) is 9.78 Å². The number of carboxylic acids is 1. The van der Waals surface area contributed by atoms with Gasteiger partial charge >= 0.3 is 5.97 Å². The van der Waals surface area contributed by atoms with Crippen LogP contribution in [0, 0.1) is 11.3 Å². The van der Waals surface area contributed by atoms with Gasteiger partial charge in [0.1, 0.15) is 6.54 Å². The molecule has 0 unspecified atom stereocenters. The molecule has 1 heterocycles. The Balaban J connectivity index is 2.09. The Kier molecular flexibility index (Phi) is 3.77. The number of amides is 1. The summed E-state index contributed by atoms with van der Waals surface area (Å²) in [6.45, 7) is -0.278. The number of anilines is 1. The molecule has 0 saturated heterocycles. The normalized spacial score (nSPS) is 9.75. The lowest BCUT2D eigenvalue weighted by molar-refractivity contribution is -0.137. The molecule has 20 heavy (non-hydrogen) atoms. The Hall–Kier alpha value is -3.14. The van der Waals surface area contributed by atoms with E-state index < -0.39 is 11.9 Å². The van der Waals surface area contributed by atoms with E-state index in [0.29, 0.717) is 16.8 Å². The van der Waals surface area contributed by atoms with Crippen LogP contribution >= 0.6 is 0 Å². The van der Waals surface area contributed by atoms with Gasteiger partial charge < -0.3 is 10.4 Å². The zero-order chi connectivity index (χ0) is 14.5. The number of nitrogens with one attached hydrogen (secondary N) is 1. The molecule has 0 aliphatic rings. The van der Waals surface area contributed by atoms with Crippen LogP contribution in [0.25, 0.3) is 0 Å². The van der Waals surface area contributed by atoms with Gasteiger partial charge in [-0.3, -0.25) is 14.3 Å². The number of rotatable bonds is 4. The number of carbonyl (C=O) groups excluding carboxylic acids is 1. The Morgan fingerprint density at radius 3 is 2.95 bits per heavy atom. The summed E-state index contributed by atoms with van der Waals surface area (Å²) in [7, 11) is 0. The molecule has 100 valence electrons. The second-order valence-corrected chi connectivity index (χ2v) is 3.97. The second-order valence-electron chi connectivity index (χ2n) is 3.97. The third kappa shape index (κ3) is 3.20. The number of hydrogen-bond acceptors (Lipinski definition) is 4. The minimum Gasteiger partial charge on any atom is -0.480 e. The van der Waals surface area contributed by atoms with Crippen LogP contribution in [0.3, 0.4) is 0 Å². The van der Waals surface area contributed by atoms with Crippen LogP contribution in [0.1, 0.15) is 15.9 Å². The lowest BCUT2D eigenvalue weighted by atomic mass is 10.1. The van der Waals surface area contributed by atoms with Crippen LogP contribution in [0.4, 0.5) is 5.69 Å². The van der Waals surface area contributed by atoms with Crippen LogP contribution < -0.4 is 5.32 Å². The van der Waals surface area contributed by atoms with Gasteiger partial charge in [-0.25, -0.2) is 0 Å².